The van der Waals surface area contributed by atoms with Crippen LogP contribution in [0.3, 0.4) is 0 Å². The Hall–Kier alpha value is -5.84. The van der Waals surface area contributed by atoms with Crippen molar-refractivity contribution in [2.45, 2.75) is 43.4 Å². The molecule has 1 heterocycles. The number of rotatable bonds is 16. The molecule has 4 aromatic rings. The van der Waals surface area contributed by atoms with Gasteiger partial charge in [0.2, 0.25) is 17.7 Å². The maximum atomic E-state index is 13.8. The minimum atomic E-state index is -4.64. The van der Waals surface area contributed by atoms with Gasteiger partial charge in [0.25, 0.3) is 11.8 Å². The van der Waals surface area contributed by atoms with Crippen LogP contribution < -0.4 is 26.0 Å². The Balaban J connectivity index is 1.21. The number of alkyl halides is 3. The molecular formula is C35H32ClF4N7O6. The van der Waals surface area contributed by atoms with Crippen molar-refractivity contribution in [3.8, 4) is 6.01 Å². The molecule has 0 radical (unpaired) electrons. The molecule has 1 fully saturated rings. The number of halogens is 5. The first-order valence-electron chi connectivity index (χ1n) is 16.0. The zero-order chi connectivity index (χ0) is 38.2. The van der Waals surface area contributed by atoms with Crippen LogP contribution in [0, 0.1) is 5.82 Å². The first-order valence-corrected chi connectivity index (χ1v) is 16.4. The number of ketones is 1. The predicted molar refractivity (Wildman–Crippen MR) is 183 cm³/mol. The number of esters is 1. The fourth-order valence-corrected chi connectivity index (χ4v) is 5.19. The topological polar surface area (TPSA) is 174 Å². The third kappa shape index (κ3) is 10.8. The first kappa shape index (κ1) is 38.4. The number of Topliss-reactive ketones (excluding diaryl/α,β-unsaturated/α-hetero) is 1. The molecule has 0 aliphatic heterocycles. The van der Waals surface area contributed by atoms with Crippen LogP contribution in [0.2, 0.25) is 5.02 Å². The molecule has 1 saturated carbocycles. The normalized spacial score (nSPS) is 13.6. The minimum absolute atomic E-state index is 0.0392. The SMILES string of the molecule is COC(=O)[C@H](CCNC(=O)C(=O)Cc1ccccc1F)NC(=O)c1ccc(Nc2nc(NC3(c4ccc(Cl)cc4)CC3)nc(OCC(F)(F)F)n2)cc1. The number of carbonyl (C=O) groups is 4. The molecule has 0 saturated heterocycles. The van der Waals surface area contributed by atoms with Crippen LogP contribution in [0.4, 0.5) is 35.1 Å². The number of anilines is 3. The molecule has 1 atom stereocenters. The highest BCUT2D eigenvalue weighted by molar-refractivity contribution is 6.36. The summed E-state index contributed by atoms with van der Waals surface area (Å²) in [5.74, 6) is -4.18. The zero-order valence-corrected chi connectivity index (χ0v) is 28.7. The molecule has 53 heavy (non-hydrogen) atoms. The van der Waals surface area contributed by atoms with Gasteiger partial charge in [0.15, 0.2) is 6.61 Å². The Morgan fingerprint density at radius 3 is 2.25 bits per heavy atom. The second kappa shape index (κ2) is 16.7. The van der Waals surface area contributed by atoms with Gasteiger partial charge >= 0.3 is 18.2 Å². The van der Waals surface area contributed by atoms with Gasteiger partial charge in [0.05, 0.1) is 12.6 Å². The molecular weight excluding hydrogens is 726 g/mol. The number of amides is 2. The van der Waals surface area contributed by atoms with Crippen molar-refractivity contribution in [1.29, 1.82) is 0 Å². The molecule has 5 rings (SSSR count). The molecule has 13 nitrogen and oxygen atoms in total. The van der Waals surface area contributed by atoms with Gasteiger partial charge in [0.1, 0.15) is 11.9 Å². The van der Waals surface area contributed by atoms with E-state index in [9.17, 15) is 36.7 Å². The lowest BCUT2D eigenvalue weighted by atomic mass is 10.1. The number of benzene rings is 3. The van der Waals surface area contributed by atoms with E-state index in [1.807, 2.05) is 12.1 Å². The smallest absolute Gasteiger partial charge is 0.422 e. The molecule has 2 amide bonds. The predicted octanol–water partition coefficient (Wildman–Crippen LogP) is 5.04. The summed E-state index contributed by atoms with van der Waals surface area (Å²) in [6, 6.07) is 16.6. The second-order valence-electron chi connectivity index (χ2n) is 11.9. The van der Waals surface area contributed by atoms with E-state index in [0.29, 0.717) is 23.6 Å². The molecule has 3 aromatic carbocycles. The summed E-state index contributed by atoms with van der Waals surface area (Å²) in [6.45, 7) is -1.82. The minimum Gasteiger partial charge on any atom is -0.467 e. The molecule has 278 valence electrons. The van der Waals surface area contributed by atoms with Gasteiger partial charge in [-0.25, -0.2) is 9.18 Å². The van der Waals surface area contributed by atoms with Crippen molar-refractivity contribution in [3.05, 3.63) is 100 Å². The van der Waals surface area contributed by atoms with Crippen LogP contribution in [0.1, 0.15) is 40.7 Å². The lowest BCUT2D eigenvalue weighted by Crippen LogP contribution is -2.44. The summed E-state index contributed by atoms with van der Waals surface area (Å²) in [6.07, 6.45) is -3.83. The quantitative estimate of drug-likeness (QED) is 0.0685. The Labute approximate surface area is 304 Å². The first-order chi connectivity index (χ1) is 25.2. The molecule has 1 aromatic heterocycles. The number of aromatic nitrogens is 3. The highest BCUT2D eigenvalue weighted by Gasteiger charge is 2.45. The summed E-state index contributed by atoms with van der Waals surface area (Å²) in [4.78, 5) is 62.2. The molecule has 1 aliphatic carbocycles. The summed E-state index contributed by atoms with van der Waals surface area (Å²) in [7, 11) is 1.11. The number of ether oxygens (including phenoxy) is 2. The van der Waals surface area contributed by atoms with Gasteiger partial charge in [0, 0.05) is 29.2 Å². The van der Waals surface area contributed by atoms with Crippen molar-refractivity contribution in [2.24, 2.45) is 0 Å². The van der Waals surface area contributed by atoms with E-state index < -0.39 is 66.2 Å². The van der Waals surface area contributed by atoms with E-state index in [1.54, 1.807) is 12.1 Å². The molecule has 18 heteroatoms. The van der Waals surface area contributed by atoms with Crippen LogP contribution in [0.25, 0.3) is 0 Å². The largest absolute Gasteiger partial charge is 0.467 e. The number of hydrogen-bond acceptors (Lipinski definition) is 11. The van der Waals surface area contributed by atoms with E-state index in [2.05, 4.69) is 36.2 Å². The summed E-state index contributed by atoms with van der Waals surface area (Å²) in [5.41, 5.74) is 0.827. The summed E-state index contributed by atoms with van der Waals surface area (Å²) in [5, 5.41) is 11.4. The van der Waals surface area contributed by atoms with Crippen LogP contribution in [-0.4, -0.2) is 71.0 Å². The lowest BCUT2D eigenvalue weighted by molar-refractivity contribution is -0.154. The average Bonchev–Trinajstić information content (AvgIpc) is 3.91. The van der Waals surface area contributed by atoms with E-state index in [1.165, 1.54) is 48.5 Å². The van der Waals surface area contributed by atoms with E-state index in [4.69, 9.17) is 21.1 Å². The van der Waals surface area contributed by atoms with Crippen LogP contribution >= 0.6 is 11.6 Å². The van der Waals surface area contributed by atoms with Crippen molar-refractivity contribution >= 4 is 52.8 Å². The molecule has 4 N–H and O–H groups in total. The Morgan fingerprint density at radius 1 is 0.925 bits per heavy atom. The van der Waals surface area contributed by atoms with Crippen molar-refractivity contribution < 1.29 is 46.2 Å². The molecule has 0 spiro atoms. The average molecular weight is 758 g/mol. The molecule has 0 unspecified atom stereocenters. The van der Waals surface area contributed by atoms with Gasteiger partial charge in [-0.3, -0.25) is 14.4 Å². The summed E-state index contributed by atoms with van der Waals surface area (Å²) >= 11 is 6.02. The van der Waals surface area contributed by atoms with E-state index >= 15 is 0 Å². The molecule has 0 bridgehead atoms. The number of methoxy groups -OCH3 is 1. The lowest BCUT2D eigenvalue weighted by Gasteiger charge is -2.19. The maximum absolute atomic E-state index is 13.8. The third-order valence-corrected chi connectivity index (χ3v) is 8.20. The standard InChI is InChI=1S/C35H32ClF4N7O6/c1-52-30(51)26(14-17-41-29(50)27(48)18-21-4-2-3-5-25(21)37)43-28(49)20-6-12-24(13-7-20)42-31-44-32(46-33(45-31)53-19-35(38,39)40)47-34(15-16-34)22-8-10-23(36)11-9-22/h2-13,26H,14-19H2,1H3,(H,41,50)(H,43,49)(H2,42,44,45,46,47)/t26-/m0/s1. The van der Waals surface area contributed by atoms with Crippen molar-refractivity contribution in [1.82, 2.24) is 25.6 Å². The van der Waals surface area contributed by atoms with Crippen molar-refractivity contribution in [3.63, 3.8) is 0 Å². The van der Waals surface area contributed by atoms with E-state index in [-0.39, 0.29) is 36.0 Å². The van der Waals surface area contributed by atoms with Gasteiger partial charge < -0.3 is 30.7 Å². The highest BCUT2D eigenvalue weighted by atomic mass is 35.5. The van der Waals surface area contributed by atoms with E-state index in [0.717, 1.165) is 12.7 Å². The Kier molecular flexibility index (Phi) is 12.1. The van der Waals surface area contributed by atoms with Crippen LogP contribution in [-0.2, 0) is 31.1 Å². The Morgan fingerprint density at radius 2 is 1.60 bits per heavy atom. The third-order valence-electron chi connectivity index (χ3n) is 7.95. The highest BCUT2D eigenvalue weighted by Crippen LogP contribution is 2.48. The fourth-order valence-electron chi connectivity index (χ4n) is 5.06. The number of carbonyl (C=O) groups excluding carboxylic acids is 4. The second-order valence-corrected chi connectivity index (χ2v) is 12.3. The van der Waals surface area contributed by atoms with Gasteiger partial charge in [-0.2, -0.15) is 28.1 Å². The number of nitrogens with zero attached hydrogens (tertiary/aromatic N) is 3. The fraction of sp³-hybridized carbons (Fsp3) is 0.286. The summed E-state index contributed by atoms with van der Waals surface area (Å²) < 4.78 is 62.2. The van der Waals surface area contributed by atoms with Gasteiger partial charge in [-0.15, -0.1) is 0 Å². The van der Waals surface area contributed by atoms with Crippen molar-refractivity contribution in [2.75, 3.05) is 30.9 Å². The molecule has 1 aliphatic rings. The monoisotopic (exact) mass is 757 g/mol. The van der Waals surface area contributed by atoms with Gasteiger partial charge in [-0.1, -0.05) is 41.9 Å². The number of nitrogens with one attached hydrogen (secondary N) is 4. The maximum Gasteiger partial charge on any atom is 0.422 e. The Bertz CT molecular complexity index is 1960. The van der Waals surface area contributed by atoms with Gasteiger partial charge in [-0.05, 0) is 72.9 Å². The zero-order valence-electron chi connectivity index (χ0n) is 27.9. The van der Waals surface area contributed by atoms with Crippen LogP contribution in [0.15, 0.2) is 72.8 Å². The number of hydrogen-bond donors (Lipinski definition) is 4. The van der Waals surface area contributed by atoms with Crippen LogP contribution in [0.5, 0.6) is 6.01 Å².